The van der Waals surface area contributed by atoms with Crippen LogP contribution in [0.1, 0.15) is 40.0 Å². The molecule has 2 aromatic rings. The van der Waals surface area contributed by atoms with Crippen molar-refractivity contribution < 1.29 is 4.79 Å². The summed E-state index contributed by atoms with van der Waals surface area (Å²) >= 11 is 0. The molecule has 2 rings (SSSR count). The zero-order valence-electron chi connectivity index (χ0n) is 17.2. The molecule has 0 aliphatic heterocycles. The van der Waals surface area contributed by atoms with Crippen molar-refractivity contribution in [1.29, 1.82) is 0 Å². The van der Waals surface area contributed by atoms with Crippen LogP contribution in [-0.2, 0) is 11.3 Å². The summed E-state index contributed by atoms with van der Waals surface area (Å²) in [5.41, 5.74) is 1.26. The number of carbonyl (C=O) groups is 1. The Morgan fingerprint density at radius 1 is 1.18 bits per heavy atom. The Bertz CT molecular complexity index is 743. The van der Waals surface area contributed by atoms with E-state index in [0.29, 0.717) is 13.0 Å². The molecule has 0 saturated heterocycles. The van der Waals surface area contributed by atoms with E-state index < -0.39 is 0 Å². The highest BCUT2D eigenvalue weighted by Crippen LogP contribution is 2.15. The molecule has 0 aliphatic rings. The maximum absolute atomic E-state index is 11.8. The van der Waals surface area contributed by atoms with Gasteiger partial charge in [0, 0.05) is 50.4 Å². The summed E-state index contributed by atoms with van der Waals surface area (Å²) in [4.78, 5) is 16.5. The zero-order valence-corrected chi connectivity index (χ0v) is 19.5. The summed E-state index contributed by atoms with van der Waals surface area (Å²) in [7, 11) is 0. The van der Waals surface area contributed by atoms with Crippen LogP contribution in [-0.4, -0.2) is 42.1 Å². The molecule has 1 atom stereocenters. The van der Waals surface area contributed by atoms with E-state index in [1.807, 2.05) is 13.8 Å². The van der Waals surface area contributed by atoms with Crippen molar-refractivity contribution in [3.63, 3.8) is 0 Å². The number of aliphatic imine (C=N–C) groups is 1. The van der Waals surface area contributed by atoms with Crippen LogP contribution in [0.3, 0.4) is 0 Å². The largest absolute Gasteiger partial charge is 0.357 e. The lowest BCUT2D eigenvalue weighted by atomic mass is 10.2. The highest BCUT2D eigenvalue weighted by atomic mass is 127. The standard InChI is InChI=1S/C21H33N5O.HI/c1-4-17(3)25-20(27)11-14-24-21(22-5-2)23-13-8-15-26-16-12-18-9-6-7-10-19(18)26;/h6-7,9-10,12,16-17H,4-5,8,11,13-15H2,1-3H3,(H,25,27)(H2,22,23,24);1H. The summed E-state index contributed by atoms with van der Waals surface area (Å²) in [6.07, 6.45) is 4.49. The van der Waals surface area contributed by atoms with Gasteiger partial charge in [0.25, 0.3) is 0 Å². The van der Waals surface area contributed by atoms with Gasteiger partial charge in [0.1, 0.15) is 0 Å². The number of amides is 1. The molecule has 1 amide bonds. The first-order valence-electron chi connectivity index (χ1n) is 9.99. The molecule has 0 aliphatic carbocycles. The van der Waals surface area contributed by atoms with Crippen LogP contribution in [0.4, 0.5) is 0 Å². The summed E-state index contributed by atoms with van der Waals surface area (Å²) in [5, 5.41) is 10.7. The van der Waals surface area contributed by atoms with Crippen molar-refractivity contribution in [2.75, 3.05) is 19.6 Å². The number of halogens is 1. The van der Waals surface area contributed by atoms with E-state index in [9.17, 15) is 4.79 Å². The van der Waals surface area contributed by atoms with E-state index in [0.717, 1.165) is 38.4 Å². The van der Waals surface area contributed by atoms with Gasteiger partial charge in [-0.05, 0) is 44.2 Å². The van der Waals surface area contributed by atoms with Gasteiger partial charge in [-0.2, -0.15) is 0 Å². The van der Waals surface area contributed by atoms with Crippen LogP contribution in [0.15, 0.2) is 41.5 Å². The van der Waals surface area contributed by atoms with Crippen LogP contribution >= 0.6 is 24.0 Å². The predicted molar refractivity (Wildman–Crippen MR) is 128 cm³/mol. The van der Waals surface area contributed by atoms with Crippen LogP contribution in [0.5, 0.6) is 0 Å². The fourth-order valence-electron chi connectivity index (χ4n) is 2.85. The number of para-hydroxylation sites is 1. The molecule has 28 heavy (non-hydrogen) atoms. The second-order valence-electron chi connectivity index (χ2n) is 6.74. The van der Waals surface area contributed by atoms with Crippen LogP contribution in [0.2, 0.25) is 0 Å². The van der Waals surface area contributed by atoms with E-state index in [-0.39, 0.29) is 35.9 Å². The molecule has 0 bridgehead atoms. The molecule has 0 fully saturated rings. The third-order valence-corrected chi connectivity index (χ3v) is 4.52. The number of hydrogen-bond acceptors (Lipinski definition) is 2. The lowest BCUT2D eigenvalue weighted by Crippen LogP contribution is -2.40. The number of rotatable bonds is 10. The normalized spacial score (nSPS) is 12.3. The average Bonchev–Trinajstić information content (AvgIpc) is 3.08. The van der Waals surface area contributed by atoms with Gasteiger partial charge in [-0.1, -0.05) is 25.1 Å². The minimum atomic E-state index is 0. The fraction of sp³-hybridized carbons (Fsp3) is 0.524. The summed E-state index contributed by atoms with van der Waals surface area (Å²) in [5.74, 6) is 0.846. The maximum Gasteiger partial charge on any atom is 0.221 e. The van der Waals surface area contributed by atoms with E-state index >= 15 is 0 Å². The van der Waals surface area contributed by atoms with Crippen LogP contribution < -0.4 is 16.0 Å². The summed E-state index contributed by atoms with van der Waals surface area (Å²) < 4.78 is 2.27. The van der Waals surface area contributed by atoms with Gasteiger partial charge in [-0.15, -0.1) is 24.0 Å². The number of guanidine groups is 1. The van der Waals surface area contributed by atoms with E-state index in [4.69, 9.17) is 0 Å². The second-order valence-corrected chi connectivity index (χ2v) is 6.74. The van der Waals surface area contributed by atoms with Gasteiger partial charge in [0.2, 0.25) is 5.91 Å². The average molecular weight is 499 g/mol. The molecule has 0 spiro atoms. The number of hydrogen-bond donors (Lipinski definition) is 3. The van der Waals surface area contributed by atoms with Crippen molar-refractivity contribution in [3.8, 4) is 0 Å². The summed E-state index contributed by atoms with van der Waals surface area (Å²) in [6, 6.07) is 10.8. The van der Waals surface area contributed by atoms with Gasteiger partial charge in [0.05, 0.1) is 0 Å². The molecular formula is C21H34IN5O. The van der Waals surface area contributed by atoms with Crippen LogP contribution in [0.25, 0.3) is 10.9 Å². The Hall–Kier alpha value is -1.77. The Labute approximate surface area is 185 Å². The Morgan fingerprint density at radius 3 is 2.71 bits per heavy atom. The molecule has 3 N–H and O–H groups in total. The second kappa shape index (κ2) is 13.4. The van der Waals surface area contributed by atoms with Gasteiger partial charge < -0.3 is 20.5 Å². The first-order valence-corrected chi connectivity index (χ1v) is 9.99. The minimum Gasteiger partial charge on any atom is -0.357 e. The lowest BCUT2D eigenvalue weighted by Gasteiger charge is -2.13. The number of fused-ring (bicyclic) bond motifs is 1. The third-order valence-electron chi connectivity index (χ3n) is 4.52. The van der Waals surface area contributed by atoms with E-state index in [2.05, 4.69) is 69.0 Å². The molecule has 1 unspecified atom stereocenters. The Kier molecular flexibility index (Phi) is 11.6. The molecule has 0 radical (unpaired) electrons. The van der Waals surface area contributed by atoms with Crippen molar-refractivity contribution >= 4 is 46.7 Å². The topological polar surface area (TPSA) is 70.5 Å². The van der Waals surface area contributed by atoms with Crippen molar-refractivity contribution in [1.82, 2.24) is 20.5 Å². The Balaban J connectivity index is 0.00000392. The smallest absolute Gasteiger partial charge is 0.221 e. The quantitative estimate of drug-likeness (QED) is 0.203. The maximum atomic E-state index is 11.8. The molecule has 1 aromatic carbocycles. The van der Waals surface area contributed by atoms with E-state index in [1.165, 1.54) is 10.9 Å². The fourth-order valence-corrected chi connectivity index (χ4v) is 2.85. The Morgan fingerprint density at radius 2 is 1.96 bits per heavy atom. The molecular weight excluding hydrogens is 465 g/mol. The zero-order chi connectivity index (χ0) is 19.5. The first-order chi connectivity index (χ1) is 13.1. The van der Waals surface area contributed by atoms with Crippen molar-refractivity contribution in [2.24, 2.45) is 4.99 Å². The molecule has 0 saturated carbocycles. The van der Waals surface area contributed by atoms with Crippen molar-refractivity contribution in [3.05, 3.63) is 36.5 Å². The highest BCUT2D eigenvalue weighted by molar-refractivity contribution is 14.0. The number of carbonyl (C=O) groups excluding carboxylic acids is 1. The number of nitrogens with zero attached hydrogens (tertiary/aromatic N) is 2. The van der Waals surface area contributed by atoms with Crippen molar-refractivity contribution in [2.45, 2.75) is 52.6 Å². The monoisotopic (exact) mass is 499 g/mol. The number of aromatic nitrogens is 1. The van der Waals surface area contributed by atoms with Gasteiger partial charge in [0.15, 0.2) is 5.96 Å². The first kappa shape index (κ1) is 24.3. The minimum absolute atomic E-state index is 0. The molecule has 7 heteroatoms. The predicted octanol–water partition coefficient (Wildman–Crippen LogP) is 3.51. The molecule has 1 aromatic heterocycles. The SMILES string of the molecule is CCNC(=NCCCn1ccc2ccccc21)NCCC(=O)NC(C)CC.I. The highest BCUT2D eigenvalue weighted by Gasteiger charge is 2.05. The third kappa shape index (κ3) is 8.08. The lowest BCUT2D eigenvalue weighted by molar-refractivity contribution is -0.121. The van der Waals surface area contributed by atoms with Gasteiger partial charge in [-0.3, -0.25) is 9.79 Å². The number of aryl methyl sites for hydroxylation is 1. The molecule has 6 nitrogen and oxygen atoms in total. The number of benzene rings is 1. The van der Waals surface area contributed by atoms with Crippen LogP contribution in [0, 0.1) is 0 Å². The number of nitrogens with one attached hydrogen (secondary N) is 3. The van der Waals surface area contributed by atoms with Gasteiger partial charge >= 0.3 is 0 Å². The van der Waals surface area contributed by atoms with Gasteiger partial charge in [-0.25, -0.2) is 0 Å². The summed E-state index contributed by atoms with van der Waals surface area (Å²) in [6.45, 7) is 9.18. The molecule has 156 valence electrons. The van der Waals surface area contributed by atoms with E-state index in [1.54, 1.807) is 0 Å². The molecule has 1 heterocycles.